The first-order chi connectivity index (χ1) is 16.6. The van der Waals surface area contributed by atoms with Crippen LogP contribution in [0.15, 0.2) is 121 Å². The van der Waals surface area contributed by atoms with Gasteiger partial charge in [0.25, 0.3) is 0 Å². The zero-order valence-corrected chi connectivity index (χ0v) is 23.2. The molecule has 0 heterocycles. The predicted octanol–water partition coefficient (Wildman–Crippen LogP) is 6.97. The quantitative estimate of drug-likeness (QED) is 0.170. The second-order valence-electron chi connectivity index (χ2n) is 8.44. The first-order valence-electron chi connectivity index (χ1n) is 11.6. The molecule has 0 bridgehead atoms. The van der Waals surface area contributed by atoms with Crippen LogP contribution in [-0.2, 0) is 23.3 Å². The summed E-state index contributed by atoms with van der Waals surface area (Å²) in [5, 5.41) is 8.46. The molecule has 0 saturated carbocycles. The molecule has 0 spiro atoms. The fourth-order valence-electron chi connectivity index (χ4n) is 4.01. The molecule has 5 aromatic rings. The molecule has 0 radical (unpaired) electrons. The standard InChI is InChI=1S/C14H14Si.C13H9.C5H5.Zr/c1-11-5-3-7-13(9-11)15-14-8-4-6-12(2)10-14;1-3-7-12-10(5-1)9-11-6-2-4-8-13(11)12;1-2-4-5-3-1;/h3-10H,1-2H3;1-9H;1-3H,4H2;/q;2*-1;+2. The molecule has 6 rings (SSSR count). The number of aryl methyl sites for hydroxylation is 2. The number of fused-ring (bicyclic) bond motifs is 3. The van der Waals surface area contributed by atoms with E-state index in [9.17, 15) is 0 Å². The van der Waals surface area contributed by atoms with Gasteiger partial charge < -0.3 is 0 Å². The SMILES string of the molecule is Cc1cccc([Si](=[Zr+2])c2cccc(C)c2)c1.[C-]1=CC=CC1.c1ccc2c(c1)[cH-]c1ccccc12. The molecule has 2 heteroatoms. The molecule has 0 aliphatic heterocycles. The van der Waals surface area contributed by atoms with Crippen molar-refractivity contribution >= 4 is 37.4 Å². The minimum atomic E-state index is -0.499. The van der Waals surface area contributed by atoms with Crippen molar-refractivity contribution in [2.45, 2.75) is 20.3 Å². The van der Waals surface area contributed by atoms with Crippen molar-refractivity contribution in [1.29, 1.82) is 0 Å². The van der Waals surface area contributed by atoms with E-state index in [1.54, 1.807) is 23.3 Å². The first kappa shape index (κ1) is 24.5. The second kappa shape index (κ2) is 12.2. The van der Waals surface area contributed by atoms with E-state index in [1.165, 1.54) is 43.0 Å². The molecular formula is C32H28SiZr. The third-order valence-corrected chi connectivity index (χ3v) is 11.8. The summed E-state index contributed by atoms with van der Waals surface area (Å²) in [6.45, 7) is 4.34. The van der Waals surface area contributed by atoms with Crippen LogP contribution in [0, 0.1) is 19.9 Å². The molecule has 0 N–H and O–H groups in total. The van der Waals surface area contributed by atoms with Gasteiger partial charge in [-0.1, -0.05) is 36.4 Å². The predicted molar refractivity (Wildman–Crippen MR) is 146 cm³/mol. The van der Waals surface area contributed by atoms with Gasteiger partial charge in [0.05, 0.1) is 0 Å². The van der Waals surface area contributed by atoms with E-state index >= 15 is 0 Å². The fourth-order valence-corrected chi connectivity index (χ4v) is 7.91. The van der Waals surface area contributed by atoms with E-state index in [0.29, 0.717) is 0 Å². The van der Waals surface area contributed by atoms with E-state index in [4.69, 9.17) is 0 Å². The summed E-state index contributed by atoms with van der Waals surface area (Å²) in [5.74, 6) is 0. The van der Waals surface area contributed by atoms with Crippen LogP contribution >= 0.6 is 0 Å². The van der Waals surface area contributed by atoms with Gasteiger partial charge in [0.15, 0.2) is 0 Å². The van der Waals surface area contributed by atoms with Crippen molar-refractivity contribution < 1.29 is 23.3 Å². The number of hydrogen-bond donors (Lipinski definition) is 0. The largest absolute Gasteiger partial charge is 0.273 e. The van der Waals surface area contributed by atoms with Crippen LogP contribution in [0.2, 0.25) is 0 Å². The molecule has 0 nitrogen and oxygen atoms in total. The van der Waals surface area contributed by atoms with Gasteiger partial charge in [-0.2, -0.15) is 6.08 Å². The average molecular weight is 532 g/mol. The van der Waals surface area contributed by atoms with Gasteiger partial charge in [0.2, 0.25) is 0 Å². The zero-order valence-electron chi connectivity index (χ0n) is 19.8. The van der Waals surface area contributed by atoms with Crippen molar-refractivity contribution in [3.05, 3.63) is 139 Å². The van der Waals surface area contributed by atoms with Crippen molar-refractivity contribution in [3.8, 4) is 0 Å². The van der Waals surface area contributed by atoms with Gasteiger partial charge in [0, 0.05) is 0 Å². The van der Waals surface area contributed by atoms with E-state index in [0.717, 1.165) is 6.42 Å². The Morgan fingerprint density at radius 3 is 1.65 bits per heavy atom. The van der Waals surface area contributed by atoms with Crippen LogP contribution < -0.4 is 10.4 Å². The van der Waals surface area contributed by atoms with Gasteiger partial charge >= 0.3 is 113 Å². The summed E-state index contributed by atoms with van der Waals surface area (Å²) in [7, 11) is 0. The summed E-state index contributed by atoms with van der Waals surface area (Å²) >= 11 is 1.65. The maximum absolute atomic E-state index is 2.99. The maximum Gasteiger partial charge on any atom is -0.0771 e. The Bertz CT molecular complexity index is 1360. The topological polar surface area (TPSA) is 0 Å². The fraction of sp³-hybridized carbons (Fsp3) is 0.0938. The van der Waals surface area contributed by atoms with Crippen molar-refractivity contribution in [2.75, 3.05) is 0 Å². The molecule has 1 aliphatic carbocycles. The molecule has 34 heavy (non-hydrogen) atoms. The zero-order chi connectivity index (χ0) is 23.8. The van der Waals surface area contributed by atoms with Crippen molar-refractivity contribution in [3.63, 3.8) is 0 Å². The normalized spacial score (nSPS) is 11.6. The van der Waals surface area contributed by atoms with Crippen LogP contribution in [0.5, 0.6) is 0 Å². The van der Waals surface area contributed by atoms with Gasteiger partial charge in [-0.05, 0) is 0 Å². The van der Waals surface area contributed by atoms with Crippen LogP contribution in [0.3, 0.4) is 0 Å². The molecule has 5 aromatic carbocycles. The van der Waals surface area contributed by atoms with Crippen LogP contribution in [0.1, 0.15) is 17.5 Å². The molecule has 164 valence electrons. The Kier molecular flexibility index (Phi) is 8.74. The van der Waals surface area contributed by atoms with E-state index in [-0.39, 0.29) is 0 Å². The molecule has 0 unspecified atom stereocenters. The van der Waals surface area contributed by atoms with E-state index in [1.807, 2.05) is 12.2 Å². The first-order valence-corrected chi connectivity index (χ1v) is 16.8. The Labute approximate surface area is 218 Å². The number of rotatable bonds is 2. The van der Waals surface area contributed by atoms with Crippen LogP contribution in [-0.4, -0.2) is 5.43 Å². The summed E-state index contributed by atoms with van der Waals surface area (Å²) in [4.78, 5) is 0. The monoisotopic (exact) mass is 530 g/mol. The third-order valence-electron chi connectivity index (χ3n) is 5.72. The summed E-state index contributed by atoms with van der Waals surface area (Å²) in [5.41, 5.74) is 2.24. The van der Waals surface area contributed by atoms with E-state index in [2.05, 4.69) is 129 Å². The summed E-state index contributed by atoms with van der Waals surface area (Å²) < 4.78 is 0. The van der Waals surface area contributed by atoms with Crippen LogP contribution in [0.4, 0.5) is 0 Å². The Morgan fingerprint density at radius 1 is 0.706 bits per heavy atom. The minimum absolute atomic E-state index is 0.499. The van der Waals surface area contributed by atoms with E-state index < -0.39 is 5.43 Å². The number of hydrogen-bond acceptors (Lipinski definition) is 0. The smallest absolute Gasteiger partial charge is 0.0771 e. The van der Waals surface area contributed by atoms with Gasteiger partial charge in [-0.15, -0.1) is 46.2 Å². The molecule has 0 fully saturated rings. The molecule has 0 saturated heterocycles. The molecule has 1 aliphatic rings. The molecule has 0 aromatic heterocycles. The van der Waals surface area contributed by atoms with Crippen molar-refractivity contribution in [2.24, 2.45) is 0 Å². The Morgan fingerprint density at radius 2 is 1.24 bits per heavy atom. The number of benzene rings is 4. The van der Waals surface area contributed by atoms with Crippen molar-refractivity contribution in [1.82, 2.24) is 0 Å². The maximum atomic E-state index is 2.99. The summed E-state index contributed by atoms with van der Waals surface area (Å²) in [6.07, 6.45) is 10.0. The Hall–Kier alpha value is -2.67. The van der Waals surface area contributed by atoms with Gasteiger partial charge in [-0.3, -0.25) is 6.08 Å². The molecular weight excluding hydrogens is 504 g/mol. The molecule has 0 atom stereocenters. The van der Waals surface area contributed by atoms with Crippen LogP contribution in [0.25, 0.3) is 21.5 Å². The minimum Gasteiger partial charge on any atom is -0.273 e. The summed E-state index contributed by atoms with van der Waals surface area (Å²) in [6, 6.07) is 37.2. The Balaban J connectivity index is 0.000000136. The molecule has 0 amide bonds. The third kappa shape index (κ3) is 6.47. The average Bonchev–Trinajstić information content (AvgIpc) is 3.56. The van der Waals surface area contributed by atoms with Gasteiger partial charge in [-0.25, -0.2) is 12.2 Å². The number of allylic oxidation sites excluding steroid dienone is 4. The second-order valence-corrected chi connectivity index (χ2v) is 14.0. The van der Waals surface area contributed by atoms with Gasteiger partial charge in [0.1, 0.15) is 0 Å².